The Morgan fingerprint density at radius 3 is 2.60 bits per heavy atom. The van der Waals surface area contributed by atoms with Crippen LogP contribution in [-0.4, -0.2) is 34.2 Å². The lowest BCUT2D eigenvalue weighted by Gasteiger charge is -2.12. The van der Waals surface area contributed by atoms with Crippen LogP contribution in [0.2, 0.25) is 0 Å². The quantitative estimate of drug-likeness (QED) is 0.328. The Kier molecular flexibility index (Phi) is 5.97. The molecule has 0 aromatic heterocycles. The number of carbonyl (C=O) groups is 3. The molecule has 0 saturated carbocycles. The molecular weight excluding hydrogens is 395 g/mol. The molecule has 0 radical (unpaired) electrons. The largest absolute Gasteiger partial charge is 0.329 e. The van der Waals surface area contributed by atoms with E-state index in [1.807, 2.05) is 0 Å². The van der Waals surface area contributed by atoms with Gasteiger partial charge in [-0.15, -0.1) is 0 Å². The third-order valence-corrected chi connectivity index (χ3v) is 4.08. The van der Waals surface area contributed by atoms with Crippen molar-refractivity contribution in [1.82, 2.24) is 10.2 Å². The number of imide groups is 1. The van der Waals surface area contributed by atoms with E-state index in [9.17, 15) is 28.9 Å². The molecule has 152 valence electrons. The number of carbonyl (C=O) groups excluding carboxylic acids is 3. The number of nitrogens with zero attached hydrogens (tertiary/aromatic N) is 2. The zero-order chi connectivity index (χ0) is 21.7. The molecule has 1 fully saturated rings. The number of hydrogen-bond donors (Lipinski definition) is 2. The fourth-order valence-corrected chi connectivity index (χ4v) is 2.67. The Labute approximate surface area is 169 Å². The predicted molar refractivity (Wildman–Crippen MR) is 105 cm³/mol. The molecule has 0 spiro atoms. The maximum atomic E-state index is 13.6. The van der Waals surface area contributed by atoms with Crippen molar-refractivity contribution in [2.45, 2.75) is 0 Å². The molecule has 1 aliphatic rings. The maximum Gasteiger partial charge on any atom is 0.329 e. The molecule has 0 aliphatic carbocycles. The second kappa shape index (κ2) is 8.78. The van der Waals surface area contributed by atoms with E-state index in [2.05, 4.69) is 10.6 Å². The fourth-order valence-electron chi connectivity index (χ4n) is 2.67. The molecule has 10 heteroatoms. The first kappa shape index (κ1) is 20.4. The molecule has 0 atom stereocenters. The van der Waals surface area contributed by atoms with Crippen molar-refractivity contribution < 1.29 is 23.7 Å². The SMILES string of the molecule is O=C(CN1C(=O)N/C(=C/C=C/c2ccccc2[N+](=O)[O-])C1=O)Nc1ccccc1F. The molecule has 1 saturated heterocycles. The monoisotopic (exact) mass is 410 g/mol. The number of amides is 4. The number of nitrogens with one attached hydrogen (secondary N) is 2. The van der Waals surface area contributed by atoms with Crippen LogP contribution in [0.4, 0.5) is 20.6 Å². The van der Waals surface area contributed by atoms with E-state index in [1.165, 1.54) is 54.6 Å². The average molecular weight is 410 g/mol. The van der Waals surface area contributed by atoms with Crippen molar-refractivity contribution in [2.75, 3.05) is 11.9 Å². The summed E-state index contributed by atoms with van der Waals surface area (Å²) in [5.41, 5.74) is 0.0313. The third kappa shape index (κ3) is 4.55. The van der Waals surface area contributed by atoms with Crippen LogP contribution >= 0.6 is 0 Å². The van der Waals surface area contributed by atoms with Gasteiger partial charge in [0.05, 0.1) is 16.2 Å². The van der Waals surface area contributed by atoms with Crippen LogP contribution in [0.1, 0.15) is 5.56 Å². The first-order valence-corrected chi connectivity index (χ1v) is 8.66. The van der Waals surface area contributed by atoms with Crippen LogP contribution in [0.5, 0.6) is 0 Å². The van der Waals surface area contributed by atoms with E-state index < -0.39 is 35.1 Å². The molecule has 30 heavy (non-hydrogen) atoms. The van der Waals surface area contributed by atoms with Gasteiger partial charge in [-0.3, -0.25) is 19.7 Å². The van der Waals surface area contributed by atoms with Crippen LogP contribution in [-0.2, 0) is 9.59 Å². The lowest BCUT2D eigenvalue weighted by atomic mass is 10.1. The van der Waals surface area contributed by atoms with Gasteiger partial charge in [-0.2, -0.15) is 0 Å². The molecule has 2 aromatic carbocycles. The van der Waals surface area contributed by atoms with Crippen LogP contribution in [0.3, 0.4) is 0 Å². The van der Waals surface area contributed by atoms with Crippen LogP contribution in [0.25, 0.3) is 6.08 Å². The molecule has 1 aliphatic heterocycles. The van der Waals surface area contributed by atoms with Crippen LogP contribution < -0.4 is 10.6 Å². The van der Waals surface area contributed by atoms with Gasteiger partial charge >= 0.3 is 6.03 Å². The highest BCUT2D eigenvalue weighted by Crippen LogP contribution is 2.19. The van der Waals surface area contributed by atoms with Gasteiger partial charge in [-0.05, 0) is 30.4 Å². The summed E-state index contributed by atoms with van der Waals surface area (Å²) in [7, 11) is 0. The van der Waals surface area contributed by atoms with Gasteiger partial charge < -0.3 is 10.6 Å². The number of anilines is 1. The lowest BCUT2D eigenvalue weighted by molar-refractivity contribution is -0.385. The van der Waals surface area contributed by atoms with E-state index >= 15 is 0 Å². The zero-order valence-corrected chi connectivity index (χ0v) is 15.4. The number of nitro groups is 1. The minimum atomic E-state index is -0.811. The molecule has 0 unspecified atom stereocenters. The zero-order valence-electron chi connectivity index (χ0n) is 15.4. The van der Waals surface area contributed by atoms with Crippen molar-refractivity contribution in [3.63, 3.8) is 0 Å². The highest BCUT2D eigenvalue weighted by atomic mass is 19.1. The fraction of sp³-hybridized carbons (Fsp3) is 0.0500. The van der Waals surface area contributed by atoms with E-state index in [-0.39, 0.29) is 17.1 Å². The molecule has 2 N–H and O–H groups in total. The predicted octanol–water partition coefficient (Wildman–Crippen LogP) is 2.82. The lowest BCUT2D eigenvalue weighted by Crippen LogP contribution is -2.38. The van der Waals surface area contributed by atoms with Crippen molar-refractivity contribution in [3.8, 4) is 0 Å². The molecule has 9 nitrogen and oxygen atoms in total. The van der Waals surface area contributed by atoms with Gasteiger partial charge in [-0.1, -0.05) is 30.3 Å². The van der Waals surface area contributed by atoms with Crippen molar-refractivity contribution in [3.05, 3.63) is 87.9 Å². The number of urea groups is 1. The van der Waals surface area contributed by atoms with Gasteiger partial charge in [0, 0.05) is 6.07 Å². The minimum Gasteiger partial charge on any atom is -0.322 e. The van der Waals surface area contributed by atoms with E-state index in [1.54, 1.807) is 6.07 Å². The van der Waals surface area contributed by atoms with Crippen molar-refractivity contribution in [2.24, 2.45) is 0 Å². The van der Waals surface area contributed by atoms with E-state index in [0.29, 0.717) is 10.5 Å². The Morgan fingerprint density at radius 2 is 1.87 bits per heavy atom. The average Bonchev–Trinajstić information content (AvgIpc) is 2.97. The summed E-state index contributed by atoms with van der Waals surface area (Å²) in [6, 6.07) is 10.7. The first-order valence-electron chi connectivity index (χ1n) is 8.66. The van der Waals surface area contributed by atoms with E-state index in [0.717, 1.165) is 6.07 Å². The number of nitro benzene ring substituents is 1. The summed E-state index contributed by atoms with van der Waals surface area (Å²) < 4.78 is 13.6. The third-order valence-electron chi connectivity index (χ3n) is 4.08. The second-order valence-corrected chi connectivity index (χ2v) is 6.10. The van der Waals surface area contributed by atoms with Gasteiger partial charge in [0.25, 0.3) is 11.6 Å². The molecule has 4 amide bonds. The van der Waals surface area contributed by atoms with Crippen LogP contribution in [0.15, 0.2) is 66.4 Å². The Bertz CT molecular complexity index is 1100. The molecule has 2 aromatic rings. The number of halogens is 1. The summed E-state index contributed by atoms with van der Waals surface area (Å²) in [5, 5.41) is 15.6. The summed E-state index contributed by atoms with van der Waals surface area (Å²) >= 11 is 0. The van der Waals surface area contributed by atoms with Gasteiger partial charge in [0.1, 0.15) is 18.1 Å². The Hall–Kier alpha value is -4.34. The number of para-hydroxylation sites is 2. The number of rotatable bonds is 6. The summed E-state index contributed by atoms with van der Waals surface area (Å²) in [5.74, 6) is -2.15. The van der Waals surface area contributed by atoms with Gasteiger partial charge in [0.15, 0.2) is 0 Å². The van der Waals surface area contributed by atoms with Crippen molar-refractivity contribution >= 4 is 35.3 Å². The minimum absolute atomic E-state index is 0.0716. The molecular formula is C20H15FN4O5. The smallest absolute Gasteiger partial charge is 0.322 e. The highest BCUT2D eigenvalue weighted by molar-refractivity contribution is 6.14. The molecule has 3 rings (SSSR count). The topological polar surface area (TPSA) is 122 Å². The number of benzene rings is 2. The van der Waals surface area contributed by atoms with Gasteiger partial charge in [-0.25, -0.2) is 14.1 Å². The normalized spacial score (nSPS) is 15.0. The van der Waals surface area contributed by atoms with Crippen molar-refractivity contribution in [1.29, 1.82) is 0 Å². The summed E-state index contributed by atoms with van der Waals surface area (Å²) in [6.45, 7) is -0.607. The maximum absolute atomic E-state index is 13.6. The first-order chi connectivity index (χ1) is 14.4. The number of hydrogen-bond acceptors (Lipinski definition) is 5. The number of allylic oxidation sites excluding steroid dienone is 2. The summed E-state index contributed by atoms with van der Waals surface area (Å²) in [6.07, 6.45) is 4.06. The molecule has 1 heterocycles. The molecule has 0 bridgehead atoms. The second-order valence-electron chi connectivity index (χ2n) is 6.10. The standard InChI is InChI=1S/C20H15FN4O5/c21-14-8-2-3-9-15(14)22-18(26)12-24-19(27)16(23-20(24)28)10-5-7-13-6-1-4-11-17(13)25(29)30/h1-11H,12H2,(H,22,26)(H,23,28)/b7-5+,16-10+. The summed E-state index contributed by atoms with van der Waals surface area (Å²) in [4.78, 5) is 47.6. The van der Waals surface area contributed by atoms with E-state index in [4.69, 9.17) is 0 Å². The Balaban J connectivity index is 1.68. The van der Waals surface area contributed by atoms with Gasteiger partial charge in [0.2, 0.25) is 5.91 Å². The van der Waals surface area contributed by atoms with Crippen LogP contribution in [0, 0.1) is 15.9 Å². The highest BCUT2D eigenvalue weighted by Gasteiger charge is 2.34. The Morgan fingerprint density at radius 1 is 1.17 bits per heavy atom.